The third-order valence-electron chi connectivity index (χ3n) is 4.22. The molecule has 0 spiro atoms. The van der Waals surface area contributed by atoms with E-state index in [2.05, 4.69) is 33.0 Å². The van der Waals surface area contributed by atoms with Crippen molar-refractivity contribution < 1.29 is 4.74 Å². The van der Waals surface area contributed by atoms with Crippen LogP contribution in [-0.4, -0.2) is 17.6 Å². The molecule has 1 aromatic rings. The number of aromatic nitrogens is 1. The minimum Gasteiger partial charge on any atom is -0.378 e. The van der Waals surface area contributed by atoms with E-state index >= 15 is 0 Å². The van der Waals surface area contributed by atoms with Crippen molar-refractivity contribution in [1.29, 1.82) is 0 Å². The van der Waals surface area contributed by atoms with E-state index in [1.807, 2.05) is 11.3 Å². The molecule has 120 valence electrons. The van der Waals surface area contributed by atoms with E-state index in [-0.39, 0.29) is 5.54 Å². The molecule has 1 aromatic heterocycles. The number of hydrogen-bond donors (Lipinski definition) is 1. The molecule has 0 bridgehead atoms. The monoisotopic (exact) mass is 310 g/mol. The highest BCUT2D eigenvalue weighted by Crippen LogP contribution is 2.38. The Balaban J connectivity index is 2.08. The Labute approximate surface area is 133 Å². The van der Waals surface area contributed by atoms with E-state index in [0.717, 1.165) is 18.2 Å². The Morgan fingerprint density at radius 3 is 2.48 bits per heavy atom. The highest BCUT2D eigenvalue weighted by atomic mass is 32.1. The van der Waals surface area contributed by atoms with Crippen LogP contribution in [0.25, 0.3) is 0 Å². The van der Waals surface area contributed by atoms with Gasteiger partial charge in [-0.2, -0.15) is 0 Å². The van der Waals surface area contributed by atoms with Crippen LogP contribution in [0.5, 0.6) is 0 Å². The van der Waals surface area contributed by atoms with Gasteiger partial charge in [-0.15, -0.1) is 11.3 Å². The normalized spacial score (nSPS) is 23.5. The smallest absolute Gasteiger partial charge is 0.0963 e. The van der Waals surface area contributed by atoms with E-state index < -0.39 is 0 Å². The van der Waals surface area contributed by atoms with Crippen molar-refractivity contribution in [3.8, 4) is 0 Å². The fraction of sp³-hybridized carbons (Fsp3) is 0.824. The summed E-state index contributed by atoms with van der Waals surface area (Å²) in [5.74, 6) is 1.56. The number of nitrogens with one attached hydrogen (secondary N) is 1. The van der Waals surface area contributed by atoms with Crippen LogP contribution in [0.2, 0.25) is 0 Å². The molecule has 21 heavy (non-hydrogen) atoms. The molecule has 1 heterocycles. The van der Waals surface area contributed by atoms with Gasteiger partial charge in [-0.3, -0.25) is 0 Å². The first-order valence-electron chi connectivity index (χ1n) is 8.11. The zero-order chi connectivity index (χ0) is 15.5. The molecule has 0 aromatic carbocycles. The molecule has 4 heteroatoms. The molecule has 1 N–H and O–H groups in total. The van der Waals surface area contributed by atoms with Gasteiger partial charge < -0.3 is 10.1 Å². The zero-order valence-corrected chi connectivity index (χ0v) is 15.0. The van der Waals surface area contributed by atoms with Crippen molar-refractivity contribution in [2.24, 2.45) is 5.92 Å². The van der Waals surface area contributed by atoms with Crippen molar-refractivity contribution in [2.45, 2.75) is 78.0 Å². The summed E-state index contributed by atoms with van der Waals surface area (Å²) < 4.78 is 5.33. The van der Waals surface area contributed by atoms with E-state index in [9.17, 15) is 0 Å². The molecule has 0 aliphatic heterocycles. The van der Waals surface area contributed by atoms with Gasteiger partial charge in [0.05, 0.1) is 17.3 Å². The van der Waals surface area contributed by atoms with Gasteiger partial charge in [-0.05, 0) is 39.5 Å². The molecule has 3 nitrogen and oxygen atoms in total. The fourth-order valence-corrected chi connectivity index (χ4v) is 4.00. The second-order valence-electron chi connectivity index (χ2n) is 7.42. The van der Waals surface area contributed by atoms with Crippen LogP contribution in [0, 0.1) is 5.92 Å². The maximum atomic E-state index is 5.33. The number of rotatable bonds is 5. The van der Waals surface area contributed by atoms with Gasteiger partial charge in [0.25, 0.3) is 0 Å². The SMILES string of the molecule is COCc1nc(C2CCC(C)CC2)sc1CNC(C)(C)C. The van der Waals surface area contributed by atoms with Crippen LogP contribution < -0.4 is 5.32 Å². The number of thiazole rings is 1. The molecular formula is C17H30N2OS. The zero-order valence-electron chi connectivity index (χ0n) is 14.2. The third kappa shape index (κ3) is 5.04. The van der Waals surface area contributed by atoms with Crippen LogP contribution in [0.4, 0.5) is 0 Å². The van der Waals surface area contributed by atoms with Crippen molar-refractivity contribution >= 4 is 11.3 Å². The summed E-state index contributed by atoms with van der Waals surface area (Å²) in [6.45, 7) is 10.5. The lowest BCUT2D eigenvalue weighted by Crippen LogP contribution is -2.35. The summed E-state index contributed by atoms with van der Waals surface area (Å²) in [6.07, 6.45) is 5.29. The van der Waals surface area contributed by atoms with Gasteiger partial charge in [0.15, 0.2) is 0 Å². The van der Waals surface area contributed by atoms with Crippen LogP contribution >= 0.6 is 11.3 Å². The number of methoxy groups -OCH3 is 1. The van der Waals surface area contributed by atoms with Crippen LogP contribution in [0.15, 0.2) is 0 Å². The Morgan fingerprint density at radius 2 is 1.90 bits per heavy atom. The summed E-state index contributed by atoms with van der Waals surface area (Å²) in [6, 6.07) is 0. The van der Waals surface area contributed by atoms with Crippen LogP contribution in [0.3, 0.4) is 0 Å². The highest BCUT2D eigenvalue weighted by Gasteiger charge is 2.24. The molecule has 2 rings (SSSR count). The maximum Gasteiger partial charge on any atom is 0.0963 e. The molecule has 1 saturated carbocycles. The van der Waals surface area contributed by atoms with Crippen molar-refractivity contribution in [3.05, 3.63) is 15.6 Å². The van der Waals surface area contributed by atoms with Crippen molar-refractivity contribution in [2.75, 3.05) is 7.11 Å². The molecule has 1 aliphatic carbocycles. The fourth-order valence-electron chi connectivity index (χ4n) is 2.82. The Morgan fingerprint density at radius 1 is 1.24 bits per heavy atom. The first kappa shape index (κ1) is 16.9. The predicted molar refractivity (Wildman–Crippen MR) is 89.8 cm³/mol. The second-order valence-corrected chi connectivity index (χ2v) is 8.53. The average Bonchev–Trinajstić information content (AvgIpc) is 2.80. The Bertz CT molecular complexity index is 442. The van der Waals surface area contributed by atoms with E-state index in [4.69, 9.17) is 9.72 Å². The largest absolute Gasteiger partial charge is 0.378 e. The third-order valence-corrected chi connectivity index (χ3v) is 5.48. The first-order valence-corrected chi connectivity index (χ1v) is 8.93. The van der Waals surface area contributed by atoms with Gasteiger partial charge in [0.2, 0.25) is 0 Å². The summed E-state index contributed by atoms with van der Waals surface area (Å²) >= 11 is 1.89. The minimum atomic E-state index is 0.134. The number of hydrogen-bond acceptors (Lipinski definition) is 4. The molecule has 0 atom stereocenters. The lowest BCUT2D eigenvalue weighted by atomic mass is 9.83. The Kier molecular flexibility index (Phi) is 5.81. The lowest BCUT2D eigenvalue weighted by Gasteiger charge is -2.24. The van der Waals surface area contributed by atoms with Gasteiger partial charge >= 0.3 is 0 Å². The molecule has 1 aliphatic rings. The van der Waals surface area contributed by atoms with Crippen LogP contribution in [-0.2, 0) is 17.9 Å². The summed E-state index contributed by atoms with van der Waals surface area (Å²) in [7, 11) is 1.75. The first-order chi connectivity index (χ1) is 9.89. The predicted octanol–water partition coefficient (Wildman–Crippen LogP) is 4.47. The highest BCUT2D eigenvalue weighted by molar-refractivity contribution is 7.11. The number of ether oxygens (including phenoxy) is 1. The number of nitrogens with zero attached hydrogens (tertiary/aromatic N) is 1. The Hall–Kier alpha value is -0.450. The van der Waals surface area contributed by atoms with Gasteiger partial charge in [0, 0.05) is 30.0 Å². The van der Waals surface area contributed by atoms with Crippen molar-refractivity contribution in [1.82, 2.24) is 10.3 Å². The molecule has 0 radical (unpaired) electrons. The van der Waals surface area contributed by atoms with Crippen molar-refractivity contribution in [3.63, 3.8) is 0 Å². The van der Waals surface area contributed by atoms with E-state index in [0.29, 0.717) is 12.5 Å². The summed E-state index contributed by atoms with van der Waals surface area (Å²) in [4.78, 5) is 6.25. The quantitative estimate of drug-likeness (QED) is 0.871. The van der Waals surface area contributed by atoms with Gasteiger partial charge in [-0.1, -0.05) is 19.8 Å². The topological polar surface area (TPSA) is 34.1 Å². The summed E-state index contributed by atoms with van der Waals surface area (Å²) in [5.41, 5.74) is 1.27. The lowest BCUT2D eigenvalue weighted by molar-refractivity contribution is 0.180. The standard InChI is InChI=1S/C17H30N2OS/c1-12-6-8-13(9-7-12)16-19-14(11-20-5)15(21-16)10-18-17(2,3)4/h12-13,18H,6-11H2,1-5H3. The van der Waals surface area contributed by atoms with E-state index in [1.54, 1.807) is 7.11 Å². The van der Waals surface area contributed by atoms with Gasteiger partial charge in [0.1, 0.15) is 0 Å². The minimum absolute atomic E-state index is 0.134. The molecule has 1 fully saturated rings. The van der Waals surface area contributed by atoms with E-state index in [1.165, 1.54) is 35.6 Å². The molecule has 0 saturated heterocycles. The maximum absolute atomic E-state index is 5.33. The second kappa shape index (κ2) is 7.21. The molecule has 0 amide bonds. The average molecular weight is 311 g/mol. The summed E-state index contributed by atoms with van der Waals surface area (Å²) in [5, 5.41) is 4.91. The van der Waals surface area contributed by atoms with Crippen LogP contribution in [0.1, 0.15) is 74.9 Å². The van der Waals surface area contributed by atoms with Gasteiger partial charge in [-0.25, -0.2) is 4.98 Å². The molecule has 0 unspecified atom stereocenters. The molecular weight excluding hydrogens is 280 g/mol.